The van der Waals surface area contributed by atoms with E-state index >= 15 is 0 Å². The van der Waals surface area contributed by atoms with Gasteiger partial charge in [0, 0.05) is 17.8 Å². The minimum Gasteiger partial charge on any atom is -0.387 e. The molecule has 3 rings (SSSR count). The average Bonchev–Trinajstić information content (AvgIpc) is 2.74. The summed E-state index contributed by atoms with van der Waals surface area (Å²) in [4.78, 5) is 12.2. The van der Waals surface area contributed by atoms with E-state index in [0.29, 0.717) is 11.1 Å². The van der Waals surface area contributed by atoms with Crippen molar-refractivity contribution in [2.45, 2.75) is 11.0 Å². The van der Waals surface area contributed by atoms with Gasteiger partial charge in [0.1, 0.15) is 0 Å². The molecule has 0 heterocycles. The smallest absolute Gasteiger partial charge is 0.261 e. The normalized spacial score (nSPS) is 12.2. The van der Waals surface area contributed by atoms with Crippen molar-refractivity contribution >= 4 is 44.8 Å². The lowest BCUT2D eigenvalue weighted by Crippen LogP contribution is -2.28. The molecule has 0 aliphatic carbocycles. The van der Waals surface area contributed by atoms with Crippen LogP contribution in [0.5, 0.6) is 0 Å². The molecule has 156 valence electrons. The molecule has 30 heavy (non-hydrogen) atoms. The molecular weight excluding hydrogens is 447 g/mol. The number of rotatable bonds is 7. The van der Waals surface area contributed by atoms with Crippen LogP contribution >= 0.6 is 23.2 Å². The summed E-state index contributed by atoms with van der Waals surface area (Å²) in [6.07, 6.45) is -0.826. The van der Waals surface area contributed by atoms with Gasteiger partial charge >= 0.3 is 0 Å². The van der Waals surface area contributed by atoms with Crippen LogP contribution in [0.4, 0.5) is 5.69 Å². The predicted octanol–water partition coefficient (Wildman–Crippen LogP) is 4.26. The van der Waals surface area contributed by atoms with Crippen molar-refractivity contribution in [2.24, 2.45) is 0 Å². The summed E-state index contributed by atoms with van der Waals surface area (Å²) >= 11 is 11.7. The minimum atomic E-state index is -3.86. The second kappa shape index (κ2) is 9.49. The summed E-state index contributed by atoms with van der Waals surface area (Å²) in [6, 6.07) is 18.9. The Morgan fingerprint density at radius 3 is 2.23 bits per heavy atom. The third-order valence-corrected chi connectivity index (χ3v) is 6.36. The first-order valence-electron chi connectivity index (χ1n) is 8.85. The molecule has 3 aromatic carbocycles. The van der Waals surface area contributed by atoms with E-state index in [4.69, 9.17) is 23.2 Å². The Morgan fingerprint density at radius 1 is 0.933 bits per heavy atom. The zero-order valence-electron chi connectivity index (χ0n) is 15.5. The number of anilines is 1. The van der Waals surface area contributed by atoms with Crippen molar-refractivity contribution in [3.8, 4) is 0 Å². The average molecular weight is 465 g/mol. The van der Waals surface area contributed by atoms with Crippen molar-refractivity contribution in [1.29, 1.82) is 0 Å². The lowest BCUT2D eigenvalue weighted by molar-refractivity contribution is 0.0916. The Bertz CT molecular complexity index is 1140. The highest BCUT2D eigenvalue weighted by atomic mass is 35.5. The fraction of sp³-hybridized carbons (Fsp3) is 0.0952. The number of amides is 1. The van der Waals surface area contributed by atoms with Crippen molar-refractivity contribution < 1.29 is 18.3 Å². The highest BCUT2D eigenvalue weighted by Gasteiger charge is 2.16. The number of hydrogen-bond donors (Lipinski definition) is 3. The van der Waals surface area contributed by atoms with Gasteiger partial charge < -0.3 is 10.4 Å². The van der Waals surface area contributed by atoms with E-state index in [9.17, 15) is 18.3 Å². The van der Waals surface area contributed by atoms with Crippen LogP contribution in [0.1, 0.15) is 22.0 Å². The first-order chi connectivity index (χ1) is 14.3. The van der Waals surface area contributed by atoms with Gasteiger partial charge in [0.25, 0.3) is 15.9 Å². The van der Waals surface area contributed by atoms with E-state index in [1.807, 2.05) is 6.07 Å². The molecular formula is C21H18Cl2N2O4S. The maximum atomic E-state index is 12.5. The van der Waals surface area contributed by atoms with E-state index in [1.165, 1.54) is 42.5 Å². The fourth-order valence-corrected chi connectivity index (χ4v) is 4.08. The molecule has 0 radical (unpaired) electrons. The summed E-state index contributed by atoms with van der Waals surface area (Å²) < 4.78 is 27.4. The van der Waals surface area contributed by atoms with Gasteiger partial charge in [-0.2, -0.15) is 0 Å². The second-order valence-corrected chi connectivity index (χ2v) is 8.89. The SMILES string of the molecule is O=C(NC[C@H](O)c1ccccc1)c1ccc(NS(=O)(=O)c2ccc(Cl)c(Cl)c2)cc1. The molecule has 0 fully saturated rings. The van der Waals surface area contributed by atoms with Gasteiger partial charge in [-0.3, -0.25) is 9.52 Å². The van der Waals surface area contributed by atoms with E-state index in [-0.39, 0.29) is 33.1 Å². The number of nitrogens with one attached hydrogen (secondary N) is 2. The number of sulfonamides is 1. The quantitative estimate of drug-likeness (QED) is 0.486. The van der Waals surface area contributed by atoms with Crippen LogP contribution in [0.25, 0.3) is 0 Å². The van der Waals surface area contributed by atoms with Crippen molar-refractivity contribution in [1.82, 2.24) is 5.32 Å². The van der Waals surface area contributed by atoms with Crippen LogP contribution in [0.15, 0.2) is 77.7 Å². The Kier molecular flexibility index (Phi) is 6.99. The Balaban J connectivity index is 1.62. The first kappa shape index (κ1) is 22.1. The number of carbonyl (C=O) groups excluding carboxylic acids is 1. The molecule has 3 N–H and O–H groups in total. The Morgan fingerprint density at radius 2 is 1.60 bits per heavy atom. The molecule has 0 aliphatic rings. The third-order valence-electron chi connectivity index (χ3n) is 4.24. The van der Waals surface area contributed by atoms with Gasteiger partial charge in [-0.05, 0) is 48.0 Å². The summed E-state index contributed by atoms with van der Waals surface area (Å²) in [7, 11) is -3.86. The summed E-state index contributed by atoms with van der Waals surface area (Å²) in [5.74, 6) is -0.385. The maximum absolute atomic E-state index is 12.5. The van der Waals surface area contributed by atoms with Gasteiger partial charge in [0.2, 0.25) is 0 Å². The summed E-state index contributed by atoms with van der Waals surface area (Å²) in [6.45, 7) is 0.0502. The second-order valence-electron chi connectivity index (χ2n) is 6.40. The molecule has 1 atom stereocenters. The van der Waals surface area contributed by atoms with Crippen LogP contribution in [-0.4, -0.2) is 26.0 Å². The van der Waals surface area contributed by atoms with E-state index in [1.54, 1.807) is 24.3 Å². The van der Waals surface area contributed by atoms with Crippen molar-refractivity contribution in [3.63, 3.8) is 0 Å². The number of carbonyl (C=O) groups is 1. The zero-order valence-corrected chi connectivity index (χ0v) is 17.9. The molecule has 1 amide bonds. The molecule has 0 spiro atoms. The summed E-state index contributed by atoms with van der Waals surface area (Å²) in [5.41, 5.74) is 1.31. The third kappa shape index (κ3) is 5.52. The predicted molar refractivity (Wildman–Crippen MR) is 117 cm³/mol. The number of aliphatic hydroxyl groups excluding tert-OH is 1. The molecule has 6 nitrogen and oxygen atoms in total. The van der Waals surface area contributed by atoms with Crippen LogP contribution in [0.2, 0.25) is 10.0 Å². The monoisotopic (exact) mass is 464 g/mol. The largest absolute Gasteiger partial charge is 0.387 e. The molecule has 0 saturated carbocycles. The van der Waals surface area contributed by atoms with Crippen LogP contribution in [0, 0.1) is 0 Å². The van der Waals surface area contributed by atoms with Crippen LogP contribution < -0.4 is 10.0 Å². The number of halogens is 2. The van der Waals surface area contributed by atoms with Crippen LogP contribution in [0.3, 0.4) is 0 Å². The maximum Gasteiger partial charge on any atom is 0.261 e. The number of benzene rings is 3. The lowest BCUT2D eigenvalue weighted by atomic mass is 10.1. The number of hydrogen-bond acceptors (Lipinski definition) is 4. The van der Waals surface area contributed by atoms with Crippen LogP contribution in [-0.2, 0) is 10.0 Å². The molecule has 0 saturated heterocycles. The molecule has 9 heteroatoms. The Hall–Kier alpha value is -2.58. The molecule has 0 unspecified atom stereocenters. The van der Waals surface area contributed by atoms with Gasteiger partial charge in [0.05, 0.1) is 21.0 Å². The van der Waals surface area contributed by atoms with Gasteiger partial charge in [-0.25, -0.2) is 8.42 Å². The zero-order chi connectivity index (χ0) is 21.7. The molecule has 3 aromatic rings. The molecule has 0 bridgehead atoms. The molecule has 0 aliphatic heterocycles. The standard InChI is InChI=1S/C21H18Cl2N2O4S/c22-18-11-10-17(12-19(18)23)30(28,29)25-16-8-6-15(7-9-16)21(27)24-13-20(26)14-4-2-1-3-5-14/h1-12,20,25-26H,13H2,(H,24,27)/t20-/m0/s1. The van der Waals surface area contributed by atoms with Gasteiger partial charge in [0.15, 0.2) is 0 Å². The fourth-order valence-electron chi connectivity index (χ4n) is 2.63. The topological polar surface area (TPSA) is 95.5 Å². The summed E-state index contributed by atoms with van der Waals surface area (Å²) in [5, 5.41) is 13.2. The van der Waals surface area contributed by atoms with Gasteiger partial charge in [-0.15, -0.1) is 0 Å². The van der Waals surface area contributed by atoms with Gasteiger partial charge in [-0.1, -0.05) is 53.5 Å². The van der Waals surface area contributed by atoms with E-state index in [0.717, 1.165) is 0 Å². The van der Waals surface area contributed by atoms with Crippen molar-refractivity contribution in [2.75, 3.05) is 11.3 Å². The first-order valence-corrected chi connectivity index (χ1v) is 11.1. The Labute approximate surface area is 184 Å². The number of aliphatic hydroxyl groups is 1. The van der Waals surface area contributed by atoms with Crippen molar-refractivity contribution in [3.05, 3.63) is 94.0 Å². The van der Waals surface area contributed by atoms with E-state index < -0.39 is 16.1 Å². The van der Waals surface area contributed by atoms with E-state index in [2.05, 4.69) is 10.0 Å². The lowest BCUT2D eigenvalue weighted by Gasteiger charge is -2.13. The highest BCUT2D eigenvalue weighted by molar-refractivity contribution is 7.92. The highest BCUT2D eigenvalue weighted by Crippen LogP contribution is 2.26. The molecule has 0 aromatic heterocycles. The minimum absolute atomic E-state index is 0.0337.